The monoisotopic (exact) mass is 389 g/mol. The van der Waals surface area contributed by atoms with Crippen LogP contribution in [-0.4, -0.2) is 50.7 Å². The maximum Gasteiger partial charge on any atom is 0.296 e. The molecule has 0 saturated heterocycles. The first-order valence-electron chi connectivity index (χ1n) is 8.39. The number of hydrogen-bond donors (Lipinski definition) is 1. The third kappa shape index (κ3) is 5.34. The van der Waals surface area contributed by atoms with Crippen molar-refractivity contribution < 1.29 is 23.9 Å². The maximum absolute atomic E-state index is 12.3. The minimum Gasteiger partial charge on any atom is -0.496 e. The predicted molar refractivity (Wildman–Crippen MR) is 104 cm³/mol. The molecule has 0 heterocycles. The van der Waals surface area contributed by atoms with Crippen LogP contribution in [0.25, 0.3) is 0 Å². The zero-order chi connectivity index (χ0) is 20.7. The molecule has 150 valence electrons. The first-order chi connectivity index (χ1) is 13.4. The Balaban J connectivity index is 2.02. The standard InChI is InChI=1S/C19H23N3O6/c1-21(11-13-5-8-17(27-3)18(9-13)28-4)12-19(23)20-15-7-6-14(26-2)10-16(15)22(24)25/h5-10H,11-12H2,1-4H3,(H,20,23). The van der Waals surface area contributed by atoms with Crippen LogP contribution in [0.1, 0.15) is 5.56 Å². The Labute approximate surface area is 163 Å². The van der Waals surface area contributed by atoms with Crippen molar-refractivity contribution in [1.29, 1.82) is 0 Å². The summed E-state index contributed by atoms with van der Waals surface area (Å²) in [6.07, 6.45) is 0. The van der Waals surface area contributed by atoms with Gasteiger partial charge in [0.2, 0.25) is 5.91 Å². The van der Waals surface area contributed by atoms with Crippen molar-refractivity contribution in [3.8, 4) is 17.2 Å². The first kappa shape index (κ1) is 21.0. The Morgan fingerprint density at radius 2 is 1.79 bits per heavy atom. The first-order valence-corrected chi connectivity index (χ1v) is 8.39. The molecule has 0 aliphatic carbocycles. The Bertz CT molecular complexity index is 856. The predicted octanol–water partition coefficient (Wildman–Crippen LogP) is 2.69. The number of carbonyl (C=O) groups is 1. The summed E-state index contributed by atoms with van der Waals surface area (Å²) in [5, 5.41) is 13.8. The topological polar surface area (TPSA) is 103 Å². The number of hydrogen-bond acceptors (Lipinski definition) is 7. The van der Waals surface area contributed by atoms with Crippen molar-refractivity contribution in [3.63, 3.8) is 0 Å². The molecule has 2 rings (SSSR count). The number of likely N-dealkylation sites (N-methyl/N-ethyl adjacent to an activating group) is 1. The Morgan fingerprint density at radius 1 is 1.07 bits per heavy atom. The highest BCUT2D eigenvalue weighted by Gasteiger charge is 2.18. The number of anilines is 1. The van der Waals surface area contributed by atoms with Gasteiger partial charge in [-0.1, -0.05) is 6.07 Å². The molecule has 0 bridgehead atoms. The normalized spacial score (nSPS) is 10.5. The molecule has 2 aromatic carbocycles. The molecule has 1 N–H and O–H groups in total. The lowest BCUT2D eigenvalue weighted by molar-refractivity contribution is -0.384. The number of carbonyl (C=O) groups excluding carboxylic acids is 1. The van der Waals surface area contributed by atoms with E-state index in [1.807, 2.05) is 12.1 Å². The van der Waals surface area contributed by atoms with Gasteiger partial charge >= 0.3 is 0 Å². The molecule has 1 amide bonds. The highest BCUT2D eigenvalue weighted by atomic mass is 16.6. The molecule has 0 spiro atoms. The summed E-state index contributed by atoms with van der Waals surface area (Å²) in [6, 6.07) is 9.77. The lowest BCUT2D eigenvalue weighted by Crippen LogP contribution is -2.30. The zero-order valence-corrected chi connectivity index (χ0v) is 16.2. The molecule has 28 heavy (non-hydrogen) atoms. The van der Waals surface area contributed by atoms with Crippen LogP contribution < -0.4 is 19.5 Å². The number of nitrogens with one attached hydrogen (secondary N) is 1. The smallest absolute Gasteiger partial charge is 0.296 e. The minimum absolute atomic E-state index is 0.0531. The third-order valence-electron chi connectivity index (χ3n) is 3.99. The van der Waals surface area contributed by atoms with E-state index in [0.29, 0.717) is 23.8 Å². The third-order valence-corrected chi connectivity index (χ3v) is 3.99. The van der Waals surface area contributed by atoms with E-state index in [2.05, 4.69) is 5.32 Å². The molecular weight excluding hydrogens is 366 g/mol. The van der Waals surface area contributed by atoms with Crippen molar-refractivity contribution in [2.24, 2.45) is 0 Å². The highest BCUT2D eigenvalue weighted by Crippen LogP contribution is 2.29. The number of nitro groups is 1. The van der Waals surface area contributed by atoms with Gasteiger partial charge in [-0.3, -0.25) is 19.8 Å². The van der Waals surface area contributed by atoms with Crippen LogP contribution >= 0.6 is 0 Å². The van der Waals surface area contributed by atoms with Gasteiger partial charge in [0.05, 0.1) is 38.9 Å². The molecule has 0 unspecified atom stereocenters. The zero-order valence-electron chi connectivity index (χ0n) is 16.2. The Morgan fingerprint density at radius 3 is 2.39 bits per heavy atom. The SMILES string of the molecule is COc1ccc(NC(=O)CN(C)Cc2ccc(OC)c(OC)c2)c([N+](=O)[O-])c1. The van der Waals surface area contributed by atoms with Gasteiger partial charge in [-0.05, 0) is 36.9 Å². The van der Waals surface area contributed by atoms with E-state index in [-0.39, 0.29) is 23.8 Å². The van der Waals surface area contributed by atoms with E-state index in [1.54, 1.807) is 38.3 Å². The molecule has 0 aromatic heterocycles. The highest BCUT2D eigenvalue weighted by molar-refractivity contribution is 5.94. The molecular formula is C19H23N3O6. The fourth-order valence-corrected chi connectivity index (χ4v) is 2.68. The molecule has 0 radical (unpaired) electrons. The van der Waals surface area contributed by atoms with Crippen LogP contribution in [0, 0.1) is 10.1 Å². The second kappa shape index (κ2) is 9.56. The van der Waals surface area contributed by atoms with Crippen LogP contribution in [0.15, 0.2) is 36.4 Å². The number of nitrogens with zero attached hydrogens (tertiary/aromatic N) is 2. The molecule has 0 atom stereocenters. The molecule has 0 aliphatic heterocycles. The quantitative estimate of drug-likeness (QED) is 0.519. The van der Waals surface area contributed by atoms with E-state index in [4.69, 9.17) is 14.2 Å². The van der Waals surface area contributed by atoms with E-state index in [0.717, 1.165) is 5.56 Å². The summed E-state index contributed by atoms with van der Waals surface area (Å²) in [7, 11) is 6.31. The van der Waals surface area contributed by atoms with E-state index >= 15 is 0 Å². The van der Waals surface area contributed by atoms with Crippen LogP contribution in [0.2, 0.25) is 0 Å². The van der Waals surface area contributed by atoms with Gasteiger partial charge in [0.25, 0.3) is 5.69 Å². The van der Waals surface area contributed by atoms with Crippen molar-refractivity contribution in [1.82, 2.24) is 4.90 Å². The number of methoxy groups -OCH3 is 3. The van der Waals surface area contributed by atoms with Gasteiger partial charge in [0.15, 0.2) is 11.5 Å². The van der Waals surface area contributed by atoms with Crippen LogP contribution in [0.4, 0.5) is 11.4 Å². The number of nitro benzene ring substituents is 1. The average molecular weight is 389 g/mol. The molecule has 9 nitrogen and oxygen atoms in total. The van der Waals surface area contributed by atoms with Crippen LogP contribution in [0.5, 0.6) is 17.2 Å². The van der Waals surface area contributed by atoms with Crippen LogP contribution in [-0.2, 0) is 11.3 Å². The molecule has 9 heteroatoms. The second-order valence-electron chi connectivity index (χ2n) is 6.05. The number of ether oxygens (including phenoxy) is 3. The van der Waals surface area contributed by atoms with Gasteiger partial charge in [-0.2, -0.15) is 0 Å². The summed E-state index contributed by atoms with van der Waals surface area (Å²) in [4.78, 5) is 24.7. The largest absolute Gasteiger partial charge is 0.496 e. The van der Waals surface area contributed by atoms with E-state index in [9.17, 15) is 14.9 Å². The van der Waals surface area contributed by atoms with Crippen molar-refractivity contribution >= 4 is 17.3 Å². The lowest BCUT2D eigenvalue weighted by atomic mass is 10.2. The number of amides is 1. The van der Waals surface area contributed by atoms with Crippen molar-refractivity contribution in [2.45, 2.75) is 6.54 Å². The van der Waals surface area contributed by atoms with Gasteiger partial charge in [0, 0.05) is 6.54 Å². The van der Waals surface area contributed by atoms with Gasteiger partial charge in [0.1, 0.15) is 11.4 Å². The van der Waals surface area contributed by atoms with Gasteiger partial charge in [-0.15, -0.1) is 0 Å². The molecule has 0 fully saturated rings. The van der Waals surface area contributed by atoms with Gasteiger partial charge in [-0.25, -0.2) is 0 Å². The maximum atomic E-state index is 12.3. The molecule has 0 aliphatic rings. The van der Waals surface area contributed by atoms with E-state index < -0.39 is 4.92 Å². The summed E-state index contributed by atoms with van der Waals surface area (Å²) in [5.74, 6) is 1.21. The average Bonchev–Trinajstić information content (AvgIpc) is 2.67. The summed E-state index contributed by atoms with van der Waals surface area (Å²) in [6.45, 7) is 0.538. The Kier molecular flexibility index (Phi) is 7.16. The summed E-state index contributed by atoms with van der Waals surface area (Å²) >= 11 is 0. The van der Waals surface area contributed by atoms with Crippen LogP contribution in [0.3, 0.4) is 0 Å². The van der Waals surface area contributed by atoms with Gasteiger partial charge < -0.3 is 19.5 Å². The number of rotatable bonds is 9. The Hall–Kier alpha value is -3.33. The fraction of sp³-hybridized carbons (Fsp3) is 0.316. The summed E-state index contributed by atoms with van der Waals surface area (Å²) in [5.41, 5.74) is 0.828. The molecule has 0 saturated carbocycles. The number of benzene rings is 2. The lowest BCUT2D eigenvalue weighted by Gasteiger charge is -2.17. The molecule has 2 aromatic rings. The van der Waals surface area contributed by atoms with Crippen molar-refractivity contribution in [3.05, 3.63) is 52.1 Å². The van der Waals surface area contributed by atoms with Crippen molar-refractivity contribution in [2.75, 3.05) is 40.2 Å². The minimum atomic E-state index is -0.564. The fourth-order valence-electron chi connectivity index (χ4n) is 2.68. The second-order valence-corrected chi connectivity index (χ2v) is 6.05. The van der Waals surface area contributed by atoms with E-state index in [1.165, 1.54) is 19.2 Å². The summed E-state index contributed by atoms with van der Waals surface area (Å²) < 4.78 is 15.5.